The van der Waals surface area contributed by atoms with Gasteiger partial charge in [-0.3, -0.25) is 19.9 Å². The van der Waals surface area contributed by atoms with Crippen LogP contribution in [0.5, 0.6) is 0 Å². The van der Waals surface area contributed by atoms with Crippen molar-refractivity contribution in [1.82, 2.24) is 30.1 Å². The third-order valence-corrected chi connectivity index (χ3v) is 7.69. The second-order valence-corrected chi connectivity index (χ2v) is 10.4. The molecule has 1 fully saturated rings. The van der Waals surface area contributed by atoms with Gasteiger partial charge in [-0.25, -0.2) is 13.8 Å². The molecule has 8 nitrogen and oxygen atoms in total. The molecule has 4 heterocycles. The van der Waals surface area contributed by atoms with Crippen molar-refractivity contribution in [2.45, 2.75) is 32.1 Å². The standard InChI is InChI=1S/C31H25F2N7O/c32-20-8-6-17(7-9-20)27-29-25(10-11-35-27)37-30(38-29)28-23-13-22(24(33)14-26(23)39-40-28)19-12-21(16-34-15-19)36-31(41)18-4-2-1-3-5-18/h6-16,18H,1-5H2,(H,36,41)(H,37,38)(H,39,40). The third kappa shape index (κ3) is 4.71. The molecule has 1 amide bonds. The van der Waals surface area contributed by atoms with Gasteiger partial charge in [0.1, 0.15) is 22.8 Å². The van der Waals surface area contributed by atoms with Crippen molar-refractivity contribution in [3.05, 3.63) is 78.8 Å². The summed E-state index contributed by atoms with van der Waals surface area (Å²) in [6, 6.07) is 12.7. The second-order valence-electron chi connectivity index (χ2n) is 10.4. The molecule has 2 aromatic carbocycles. The molecular formula is C31H25F2N7O. The molecule has 41 heavy (non-hydrogen) atoms. The highest BCUT2D eigenvalue weighted by molar-refractivity contribution is 5.98. The molecule has 0 saturated heterocycles. The third-order valence-electron chi connectivity index (χ3n) is 7.69. The van der Waals surface area contributed by atoms with Crippen LogP contribution in [0, 0.1) is 17.6 Å². The molecule has 0 radical (unpaired) electrons. The number of rotatable bonds is 5. The molecule has 1 aliphatic rings. The summed E-state index contributed by atoms with van der Waals surface area (Å²) in [5, 5.41) is 11.0. The zero-order valence-electron chi connectivity index (χ0n) is 21.9. The molecule has 3 N–H and O–H groups in total. The minimum atomic E-state index is -0.447. The summed E-state index contributed by atoms with van der Waals surface area (Å²) in [6.07, 6.45) is 9.86. The minimum absolute atomic E-state index is 0.00318. The van der Waals surface area contributed by atoms with E-state index in [1.165, 1.54) is 24.6 Å². The van der Waals surface area contributed by atoms with E-state index in [0.717, 1.165) is 36.8 Å². The second kappa shape index (κ2) is 10.2. The Morgan fingerprint density at radius 3 is 2.56 bits per heavy atom. The molecule has 0 unspecified atom stereocenters. The predicted octanol–water partition coefficient (Wildman–Crippen LogP) is 7.03. The number of amides is 1. The fraction of sp³-hybridized carbons (Fsp3) is 0.194. The average Bonchev–Trinajstić information content (AvgIpc) is 3.61. The average molecular weight is 550 g/mol. The van der Waals surface area contributed by atoms with E-state index in [4.69, 9.17) is 4.98 Å². The van der Waals surface area contributed by atoms with Crippen molar-refractivity contribution in [1.29, 1.82) is 0 Å². The number of imidazole rings is 1. The van der Waals surface area contributed by atoms with Gasteiger partial charge in [-0.1, -0.05) is 19.3 Å². The van der Waals surface area contributed by atoms with Crippen LogP contribution in [-0.2, 0) is 4.79 Å². The van der Waals surface area contributed by atoms with Crippen LogP contribution in [0.3, 0.4) is 0 Å². The maximum absolute atomic E-state index is 15.3. The summed E-state index contributed by atoms with van der Waals surface area (Å²) in [5.41, 5.74) is 5.09. The zero-order chi connectivity index (χ0) is 27.9. The molecule has 0 atom stereocenters. The minimum Gasteiger partial charge on any atom is -0.336 e. The molecule has 1 aliphatic carbocycles. The summed E-state index contributed by atoms with van der Waals surface area (Å²) >= 11 is 0. The molecular weight excluding hydrogens is 524 g/mol. The number of nitrogens with zero attached hydrogens (tertiary/aromatic N) is 4. The highest BCUT2D eigenvalue weighted by Gasteiger charge is 2.22. The summed E-state index contributed by atoms with van der Waals surface area (Å²) in [7, 11) is 0. The van der Waals surface area contributed by atoms with Gasteiger partial charge in [0.05, 0.1) is 28.6 Å². The smallest absolute Gasteiger partial charge is 0.227 e. The largest absolute Gasteiger partial charge is 0.336 e. The van der Waals surface area contributed by atoms with Crippen LogP contribution >= 0.6 is 0 Å². The van der Waals surface area contributed by atoms with Crippen LogP contribution in [0.25, 0.3) is 55.8 Å². The summed E-state index contributed by atoms with van der Waals surface area (Å²) < 4.78 is 28.8. The van der Waals surface area contributed by atoms with Crippen LogP contribution in [-0.4, -0.2) is 36.0 Å². The first-order valence-electron chi connectivity index (χ1n) is 13.6. The number of pyridine rings is 2. The van der Waals surface area contributed by atoms with Crippen molar-refractivity contribution >= 4 is 33.5 Å². The van der Waals surface area contributed by atoms with E-state index in [2.05, 4.69) is 30.5 Å². The summed E-state index contributed by atoms with van der Waals surface area (Å²) in [5.74, 6) is -0.320. The van der Waals surface area contributed by atoms with Gasteiger partial charge in [0.15, 0.2) is 5.82 Å². The van der Waals surface area contributed by atoms with Crippen molar-refractivity contribution in [2.24, 2.45) is 5.92 Å². The van der Waals surface area contributed by atoms with Crippen LogP contribution < -0.4 is 5.32 Å². The first-order chi connectivity index (χ1) is 20.0. The molecule has 0 spiro atoms. The maximum Gasteiger partial charge on any atom is 0.227 e. The lowest BCUT2D eigenvalue weighted by molar-refractivity contribution is -0.120. The Morgan fingerprint density at radius 1 is 0.902 bits per heavy atom. The van der Waals surface area contributed by atoms with Gasteiger partial charge < -0.3 is 10.3 Å². The fourth-order valence-electron chi connectivity index (χ4n) is 5.57. The zero-order valence-corrected chi connectivity index (χ0v) is 21.9. The Morgan fingerprint density at radius 2 is 1.73 bits per heavy atom. The molecule has 4 aromatic heterocycles. The van der Waals surface area contributed by atoms with Crippen LogP contribution in [0.2, 0.25) is 0 Å². The van der Waals surface area contributed by atoms with E-state index in [9.17, 15) is 9.18 Å². The van der Waals surface area contributed by atoms with Gasteiger partial charge in [-0.2, -0.15) is 5.10 Å². The normalized spacial score (nSPS) is 14.1. The van der Waals surface area contributed by atoms with Gasteiger partial charge in [-0.15, -0.1) is 0 Å². The van der Waals surface area contributed by atoms with E-state index in [1.54, 1.807) is 48.9 Å². The maximum atomic E-state index is 15.3. The number of anilines is 1. The molecule has 0 bridgehead atoms. The van der Waals surface area contributed by atoms with Crippen LogP contribution in [0.15, 0.2) is 67.1 Å². The summed E-state index contributed by atoms with van der Waals surface area (Å²) in [4.78, 5) is 29.6. The quantitative estimate of drug-likeness (QED) is 0.214. The van der Waals surface area contributed by atoms with Gasteiger partial charge in [0, 0.05) is 46.5 Å². The van der Waals surface area contributed by atoms with Gasteiger partial charge in [0.2, 0.25) is 5.91 Å². The van der Waals surface area contributed by atoms with E-state index in [0.29, 0.717) is 50.4 Å². The Balaban J connectivity index is 1.25. The Kier molecular flexibility index (Phi) is 6.22. The number of carbonyl (C=O) groups excluding carboxylic acids is 1. The molecule has 10 heteroatoms. The number of carbonyl (C=O) groups is 1. The van der Waals surface area contributed by atoms with E-state index < -0.39 is 5.82 Å². The van der Waals surface area contributed by atoms with Crippen molar-refractivity contribution in [2.75, 3.05) is 5.32 Å². The number of aromatic nitrogens is 6. The molecule has 7 rings (SSSR count). The summed E-state index contributed by atoms with van der Waals surface area (Å²) in [6.45, 7) is 0. The van der Waals surface area contributed by atoms with Crippen molar-refractivity contribution < 1.29 is 13.6 Å². The lowest BCUT2D eigenvalue weighted by Crippen LogP contribution is -2.24. The Bertz CT molecular complexity index is 1910. The van der Waals surface area contributed by atoms with Crippen LogP contribution in [0.4, 0.5) is 14.5 Å². The van der Waals surface area contributed by atoms with E-state index >= 15 is 4.39 Å². The highest BCUT2D eigenvalue weighted by atomic mass is 19.1. The number of nitrogens with one attached hydrogen (secondary N) is 3. The van der Waals surface area contributed by atoms with Crippen molar-refractivity contribution in [3.8, 4) is 33.9 Å². The number of H-pyrrole nitrogens is 2. The number of halogens is 2. The molecule has 1 saturated carbocycles. The lowest BCUT2D eigenvalue weighted by atomic mass is 9.88. The topological polar surface area (TPSA) is 112 Å². The number of aromatic amines is 2. The molecule has 6 aromatic rings. The van der Waals surface area contributed by atoms with E-state index in [1.807, 2.05) is 0 Å². The Hall–Kier alpha value is -4.99. The van der Waals surface area contributed by atoms with Gasteiger partial charge in [0.25, 0.3) is 0 Å². The Labute approximate surface area is 233 Å². The highest BCUT2D eigenvalue weighted by Crippen LogP contribution is 2.34. The lowest BCUT2D eigenvalue weighted by Gasteiger charge is -2.20. The first-order valence-corrected chi connectivity index (χ1v) is 13.6. The van der Waals surface area contributed by atoms with Gasteiger partial charge in [-0.05, 0) is 55.3 Å². The molecule has 0 aliphatic heterocycles. The van der Waals surface area contributed by atoms with Crippen molar-refractivity contribution in [3.63, 3.8) is 0 Å². The fourth-order valence-corrected chi connectivity index (χ4v) is 5.57. The van der Waals surface area contributed by atoms with E-state index in [-0.39, 0.29) is 17.6 Å². The number of benzene rings is 2. The first kappa shape index (κ1) is 25.0. The van der Waals surface area contributed by atoms with Crippen LogP contribution in [0.1, 0.15) is 32.1 Å². The predicted molar refractivity (Wildman–Crippen MR) is 153 cm³/mol. The number of hydrogen-bond donors (Lipinski definition) is 3. The molecule has 204 valence electrons. The number of fused-ring (bicyclic) bond motifs is 2. The van der Waals surface area contributed by atoms with Gasteiger partial charge >= 0.3 is 0 Å². The SMILES string of the molecule is O=C(Nc1cncc(-c2cc3c(-c4nc5c(-c6ccc(F)cc6)nccc5[nH]4)n[nH]c3cc2F)c1)C1CCCCC1. The number of hydrogen-bond acceptors (Lipinski definition) is 5. The monoisotopic (exact) mass is 549 g/mol.